The minimum Gasteiger partial charge on any atom is -0.389 e. The van der Waals surface area contributed by atoms with Crippen LogP contribution in [0.5, 0.6) is 0 Å². The summed E-state index contributed by atoms with van der Waals surface area (Å²) in [5.41, 5.74) is -0.745. The quantitative estimate of drug-likeness (QED) is 0.807. The number of hydrogen-bond donors (Lipinski definition) is 1. The largest absolute Gasteiger partial charge is 0.389 e. The summed E-state index contributed by atoms with van der Waals surface area (Å²) in [7, 11) is 0. The number of aliphatic hydroxyl groups is 1. The van der Waals surface area contributed by atoms with Crippen LogP contribution in [0.4, 0.5) is 0 Å². The molecule has 106 valence electrons. The molecule has 0 spiro atoms. The Bertz CT molecular complexity index is 273. The fraction of sp³-hybridized carbons (Fsp3) is 0.929. The third kappa shape index (κ3) is 5.36. The molecule has 1 aliphatic heterocycles. The standard InChI is InChI=1S/C14H28N2O2/c1-5-15(11-14(3,4)18)10-13(17)16-8-6-7-12(2)9-16/h12,18H,5-11H2,1-4H3. The molecule has 1 N–H and O–H groups in total. The van der Waals surface area contributed by atoms with Crippen LogP contribution in [0.15, 0.2) is 0 Å². The maximum Gasteiger partial charge on any atom is 0.236 e. The van der Waals surface area contributed by atoms with E-state index in [0.29, 0.717) is 19.0 Å². The van der Waals surface area contributed by atoms with Gasteiger partial charge in [-0.15, -0.1) is 0 Å². The van der Waals surface area contributed by atoms with Gasteiger partial charge in [-0.05, 0) is 39.2 Å². The molecular formula is C14H28N2O2. The van der Waals surface area contributed by atoms with Crippen LogP contribution in [0.3, 0.4) is 0 Å². The average molecular weight is 256 g/mol. The molecule has 0 aromatic heterocycles. The number of carbonyl (C=O) groups is 1. The molecule has 1 heterocycles. The summed E-state index contributed by atoms with van der Waals surface area (Å²) in [6.07, 6.45) is 2.34. The number of likely N-dealkylation sites (N-methyl/N-ethyl adjacent to an activating group) is 1. The van der Waals surface area contributed by atoms with Crippen LogP contribution in [0, 0.1) is 5.92 Å². The van der Waals surface area contributed by atoms with Crippen LogP contribution in [0.2, 0.25) is 0 Å². The number of hydrogen-bond acceptors (Lipinski definition) is 3. The smallest absolute Gasteiger partial charge is 0.236 e. The monoisotopic (exact) mass is 256 g/mol. The Morgan fingerprint density at radius 1 is 1.50 bits per heavy atom. The minimum absolute atomic E-state index is 0.202. The Balaban J connectivity index is 2.46. The summed E-state index contributed by atoms with van der Waals surface area (Å²) in [4.78, 5) is 16.2. The van der Waals surface area contributed by atoms with E-state index in [1.807, 2.05) is 16.7 Å². The van der Waals surface area contributed by atoms with Gasteiger partial charge in [0, 0.05) is 19.6 Å². The van der Waals surface area contributed by atoms with Crippen molar-refractivity contribution >= 4 is 5.91 Å². The number of piperidine rings is 1. The number of amides is 1. The first-order valence-corrected chi connectivity index (χ1v) is 7.04. The SMILES string of the molecule is CCN(CC(=O)N1CCCC(C)C1)CC(C)(C)O. The second-order valence-electron chi connectivity index (χ2n) is 6.20. The van der Waals surface area contributed by atoms with Gasteiger partial charge >= 0.3 is 0 Å². The summed E-state index contributed by atoms with van der Waals surface area (Å²) in [5, 5.41) is 9.82. The molecule has 1 unspecified atom stereocenters. The molecule has 0 saturated carbocycles. The number of nitrogens with zero attached hydrogens (tertiary/aromatic N) is 2. The van der Waals surface area contributed by atoms with Gasteiger partial charge in [-0.1, -0.05) is 13.8 Å². The van der Waals surface area contributed by atoms with Crippen molar-refractivity contribution in [2.75, 3.05) is 32.7 Å². The van der Waals surface area contributed by atoms with Gasteiger partial charge in [0.2, 0.25) is 5.91 Å². The van der Waals surface area contributed by atoms with Crippen LogP contribution in [0.25, 0.3) is 0 Å². The van der Waals surface area contributed by atoms with E-state index in [1.165, 1.54) is 6.42 Å². The van der Waals surface area contributed by atoms with Crippen LogP contribution < -0.4 is 0 Å². The number of rotatable bonds is 5. The van der Waals surface area contributed by atoms with Crippen molar-refractivity contribution in [1.82, 2.24) is 9.80 Å². The van der Waals surface area contributed by atoms with Crippen molar-refractivity contribution in [3.05, 3.63) is 0 Å². The summed E-state index contributed by atoms with van der Waals surface area (Å²) in [6.45, 7) is 11.3. The fourth-order valence-corrected chi connectivity index (χ4v) is 2.53. The van der Waals surface area contributed by atoms with Crippen molar-refractivity contribution in [1.29, 1.82) is 0 Å². The Hall–Kier alpha value is -0.610. The molecule has 0 aromatic rings. The first-order valence-electron chi connectivity index (χ1n) is 7.04. The molecule has 0 radical (unpaired) electrons. The highest BCUT2D eigenvalue weighted by Gasteiger charge is 2.24. The molecule has 1 saturated heterocycles. The van der Waals surface area contributed by atoms with Crippen molar-refractivity contribution in [3.8, 4) is 0 Å². The van der Waals surface area contributed by atoms with Gasteiger partial charge in [-0.2, -0.15) is 0 Å². The first kappa shape index (κ1) is 15.4. The van der Waals surface area contributed by atoms with E-state index in [9.17, 15) is 9.90 Å². The van der Waals surface area contributed by atoms with Gasteiger partial charge in [0.05, 0.1) is 12.1 Å². The van der Waals surface area contributed by atoms with Crippen LogP contribution in [-0.4, -0.2) is 59.1 Å². The van der Waals surface area contributed by atoms with Crippen LogP contribution in [0.1, 0.15) is 40.5 Å². The van der Waals surface area contributed by atoms with E-state index in [0.717, 1.165) is 26.1 Å². The minimum atomic E-state index is -0.745. The fourth-order valence-electron chi connectivity index (χ4n) is 2.53. The van der Waals surface area contributed by atoms with Gasteiger partial charge in [-0.25, -0.2) is 0 Å². The molecule has 0 bridgehead atoms. The maximum absolute atomic E-state index is 12.2. The molecule has 4 heteroatoms. The van der Waals surface area contributed by atoms with E-state index in [2.05, 4.69) is 6.92 Å². The molecule has 0 aromatic carbocycles. The molecule has 18 heavy (non-hydrogen) atoms. The summed E-state index contributed by atoms with van der Waals surface area (Å²) >= 11 is 0. The van der Waals surface area contributed by atoms with Crippen LogP contribution >= 0.6 is 0 Å². The van der Waals surface area contributed by atoms with Gasteiger partial charge in [0.25, 0.3) is 0 Å². The second kappa shape index (κ2) is 6.53. The Labute approximate surface area is 111 Å². The lowest BCUT2D eigenvalue weighted by Crippen LogP contribution is -2.47. The van der Waals surface area contributed by atoms with Gasteiger partial charge in [0.15, 0.2) is 0 Å². The molecule has 1 rings (SSSR count). The van der Waals surface area contributed by atoms with E-state index in [-0.39, 0.29) is 5.91 Å². The lowest BCUT2D eigenvalue weighted by molar-refractivity contribution is -0.134. The van der Waals surface area contributed by atoms with Crippen molar-refractivity contribution in [3.63, 3.8) is 0 Å². The normalized spacial score (nSPS) is 21.4. The third-order valence-electron chi connectivity index (χ3n) is 3.43. The zero-order valence-electron chi connectivity index (χ0n) is 12.3. The van der Waals surface area contributed by atoms with E-state index < -0.39 is 5.60 Å². The van der Waals surface area contributed by atoms with E-state index in [1.54, 1.807) is 13.8 Å². The Morgan fingerprint density at radius 2 is 2.17 bits per heavy atom. The average Bonchev–Trinajstić information content (AvgIpc) is 2.26. The zero-order valence-corrected chi connectivity index (χ0v) is 12.3. The first-order chi connectivity index (χ1) is 8.31. The predicted octanol–water partition coefficient (Wildman–Crippen LogP) is 1.34. The molecular weight excluding hydrogens is 228 g/mol. The molecule has 1 aliphatic rings. The molecule has 1 fully saturated rings. The number of carbonyl (C=O) groups excluding carboxylic acids is 1. The van der Waals surface area contributed by atoms with Crippen LogP contribution in [-0.2, 0) is 4.79 Å². The highest BCUT2D eigenvalue weighted by molar-refractivity contribution is 5.78. The van der Waals surface area contributed by atoms with Gasteiger partial charge in [-0.3, -0.25) is 9.69 Å². The predicted molar refractivity (Wildman–Crippen MR) is 73.4 cm³/mol. The van der Waals surface area contributed by atoms with Gasteiger partial charge < -0.3 is 10.0 Å². The van der Waals surface area contributed by atoms with Gasteiger partial charge in [0.1, 0.15) is 0 Å². The highest BCUT2D eigenvalue weighted by atomic mass is 16.3. The Morgan fingerprint density at radius 3 is 2.67 bits per heavy atom. The van der Waals surface area contributed by atoms with Crippen molar-refractivity contribution < 1.29 is 9.90 Å². The molecule has 0 aliphatic carbocycles. The topological polar surface area (TPSA) is 43.8 Å². The van der Waals surface area contributed by atoms with E-state index in [4.69, 9.17) is 0 Å². The summed E-state index contributed by atoms with van der Waals surface area (Å²) < 4.78 is 0. The van der Waals surface area contributed by atoms with Crippen molar-refractivity contribution in [2.24, 2.45) is 5.92 Å². The Kier molecular flexibility index (Phi) is 5.60. The number of likely N-dealkylation sites (tertiary alicyclic amines) is 1. The molecule has 4 nitrogen and oxygen atoms in total. The molecule has 1 atom stereocenters. The summed E-state index contributed by atoms with van der Waals surface area (Å²) in [6, 6.07) is 0. The second-order valence-corrected chi connectivity index (χ2v) is 6.20. The van der Waals surface area contributed by atoms with Crippen molar-refractivity contribution in [2.45, 2.75) is 46.1 Å². The third-order valence-corrected chi connectivity index (χ3v) is 3.43. The maximum atomic E-state index is 12.2. The van der Waals surface area contributed by atoms with E-state index >= 15 is 0 Å². The highest BCUT2D eigenvalue weighted by Crippen LogP contribution is 2.16. The molecule has 1 amide bonds. The lowest BCUT2D eigenvalue weighted by atomic mass is 10.0. The zero-order chi connectivity index (χ0) is 13.8. The lowest BCUT2D eigenvalue weighted by Gasteiger charge is -2.34. The summed E-state index contributed by atoms with van der Waals surface area (Å²) in [5.74, 6) is 0.819.